The number of amides is 3. The highest BCUT2D eigenvalue weighted by Gasteiger charge is 2.39. The topological polar surface area (TPSA) is 128 Å². The fraction of sp³-hybridized carbons (Fsp3) is 0.810. The zero-order valence-electron chi connectivity index (χ0n) is 18.4. The molecule has 3 amide bonds. The van der Waals surface area contributed by atoms with Crippen molar-refractivity contribution in [1.82, 2.24) is 20.9 Å². The van der Waals surface area contributed by atoms with Gasteiger partial charge in [-0.25, -0.2) is 4.79 Å². The summed E-state index contributed by atoms with van der Waals surface area (Å²) >= 11 is 0. The fourth-order valence-electron chi connectivity index (χ4n) is 4.14. The SMILES string of the molecule is CC(C)CC(NC(=O)C1CCCN1)C(=O)N1CCCC1C(=O)NC(C(=O)O)C(C)C. The van der Waals surface area contributed by atoms with Crippen molar-refractivity contribution in [1.29, 1.82) is 0 Å². The Balaban J connectivity index is 2.10. The van der Waals surface area contributed by atoms with E-state index in [-0.39, 0.29) is 29.7 Å². The van der Waals surface area contributed by atoms with Crippen molar-refractivity contribution < 1.29 is 24.3 Å². The summed E-state index contributed by atoms with van der Waals surface area (Å²) in [4.78, 5) is 51.6. The Morgan fingerprint density at radius 3 is 2.27 bits per heavy atom. The molecule has 0 spiro atoms. The minimum absolute atomic E-state index is 0.183. The summed E-state index contributed by atoms with van der Waals surface area (Å²) in [7, 11) is 0. The van der Waals surface area contributed by atoms with Crippen LogP contribution in [0.15, 0.2) is 0 Å². The summed E-state index contributed by atoms with van der Waals surface area (Å²) in [5, 5.41) is 18.0. The van der Waals surface area contributed by atoms with Crippen LogP contribution in [0.5, 0.6) is 0 Å². The van der Waals surface area contributed by atoms with E-state index in [0.29, 0.717) is 25.8 Å². The van der Waals surface area contributed by atoms with Crippen LogP contribution in [-0.2, 0) is 19.2 Å². The summed E-state index contributed by atoms with van der Waals surface area (Å²) in [6.07, 6.45) is 3.29. The molecule has 2 rings (SSSR count). The Bertz CT molecular complexity index is 645. The van der Waals surface area contributed by atoms with Crippen LogP contribution in [0.3, 0.4) is 0 Å². The largest absolute Gasteiger partial charge is 0.480 e. The zero-order valence-corrected chi connectivity index (χ0v) is 18.4. The van der Waals surface area contributed by atoms with Crippen molar-refractivity contribution in [3.05, 3.63) is 0 Å². The zero-order chi connectivity index (χ0) is 22.4. The highest BCUT2D eigenvalue weighted by Crippen LogP contribution is 2.21. The number of hydrogen-bond donors (Lipinski definition) is 4. The van der Waals surface area contributed by atoms with Gasteiger partial charge in [0.1, 0.15) is 18.1 Å². The van der Waals surface area contributed by atoms with Gasteiger partial charge in [-0.3, -0.25) is 14.4 Å². The number of carboxylic acids is 1. The summed E-state index contributed by atoms with van der Waals surface area (Å²) < 4.78 is 0. The molecule has 170 valence electrons. The molecule has 0 aliphatic carbocycles. The van der Waals surface area contributed by atoms with E-state index in [1.165, 1.54) is 4.90 Å². The van der Waals surface area contributed by atoms with E-state index in [4.69, 9.17) is 0 Å². The van der Waals surface area contributed by atoms with Crippen LogP contribution in [0.25, 0.3) is 0 Å². The van der Waals surface area contributed by atoms with Gasteiger partial charge in [0.25, 0.3) is 0 Å². The molecule has 0 aromatic rings. The summed E-state index contributed by atoms with van der Waals surface area (Å²) in [5.74, 6) is -2.09. The average Bonchev–Trinajstić information content (AvgIpc) is 3.35. The highest BCUT2D eigenvalue weighted by molar-refractivity contribution is 5.94. The molecule has 30 heavy (non-hydrogen) atoms. The molecule has 0 bridgehead atoms. The molecule has 4 unspecified atom stereocenters. The third-order valence-electron chi connectivity index (χ3n) is 5.77. The van der Waals surface area contributed by atoms with Gasteiger partial charge < -0.3 is 26.0 Å². The fourth-order valence-corrected chi connectivity index (χ4v) is 4.14. The lowest BCUT2D eigenvalue weighted by atomic mass is 10.0. The first-order valence-electron chi connectivity index (χ1n) is 11.0. The lowest BCUT2D eigenvalue weighted by Gasteiger charge is -2.31. The molecule has 2 heterocycles. The lowest BCUT2D eigenvalue weighted by Crippen LogP contribution is -2.57. The van der Waals surface area contributed by atoms with E-state index in [1.54, 1.807) is 13.8 Å². The number of hydrogen-bond acceptors (Lipinski definition) is 5. The average molecular weight is 425 g/mol. The van der Waals surface area contributed by atoms with Crippen molar-refractivity contribution in [2.45, 2.75) is 84.0 Å². The van der Waals surface area contributed by atoms with E-state index >= 15 is 0 Å². The van der Waals surface area contributed by atoms with Crippen molar-refractivity contribution in [2.24, 2.45) is 11.8 Å². The number of aliphatic carboxylic acids is 1. The maximum atomic E-state index is 13.3. The van der Waals surface area contributed by atoms with Crippen LogP contribution in [0, 0.1) is 11.8 Å². The Hall–Kier alpha value is -2.16. The third kappa shape index (κ3) is 6.17. The molecule has 9 heteroatoms. The first kappa shape index (κ1) is 24.1. The second-order valence-electron chi connectivity index (χ2n) is 9.10. The maximum absolute atomic E-state index is 13.3. The van der Waals surface area contributed by atoms with E-state index in [1.807, 2.05) is 13.8 Å². The van der Waals surface area contributed by atoms with Gasteiger partial charge in [0.2, 0.25) is 17.7 Å². The van der Waals surface area contributed by atoms with Crippen molar-refractivity contribution in [3.8, 4) is 0 Å². The standard InChI is InChI=1S/C21H36N4O5/c1-12(2)11-15(23-18(26)14-7-5-9-22-14)20(28)25-10-6-8-16(25)19(27)24-17(13(3)4)21(29)30/h12-17,22H,5-11H2,1-4H3,(H,23,26)(H,24,27)(H,29,30). The van der Waals surface area contributed by atoms with Crippen LogP contribution in [0.1, 0.15) is 59.8 Å². The van der Waals surface area contributed by atoms with Crippen molar-refractivity contribution >= 4 is 23.7 Å². The number of nitrogens with zero attached hydrogens (tertiary/aromatic N) is 1. The van der Waals surface area contributed by atoms with Crippen LogP contribution in [0.4, 0.5) is 0 Å². The summed E-state index contributed by atoms with van der Waals surface area (Å²) in [5.41, 5.74) is 0. The second-order valence-corrected chi connectivity index (χ2v) is 9.10. The number of rotatable bonds is 9. The van der Waals surface area contributed by atoms with Gasteiger partial charge in [0.05, 0.1) is 6.04 Å². The summed E-state index contributed by atoms with van der Waals surface area (Å²) in [6.45, 7) is 8.62. The van der Waals surface area contributed by atoms with E-state index < -0.39 is 30.0 Å². The van der Waals surface area contributed by atoms with Gasteiger partial charge in [0, 0.05) is 6.54 Å². The number of likely N-dealkylation sites (tertiary alicyclic amines) is 1. The molecule has 2 aliphatic rings. The normalized spacial score (nSPS) is 23.5. The van der Waals surface area contributed by atoms with Gasteiger partial charge in [-0.1, -0.05) is 27.7 Å². The highest BCUT2D eigenvalue weighted by atomic mass is 16.4. The Labute approximate surface area is 178 Å². The molecular formula is C21H36N4O5. The van der Waals surface area contributed by atoms with Gasteiger partial charge in [0.15, 0.2) is 0 Å². The van der Waals surface area contributed by atoms with Crippen LogP contribution >= 0.6 is 0 Å². The third-order valence-corrected chi connectivity index (χ3v) is 5.77. The first-order chi connectivity index (χ1) is 14.1. The smallest absolute Gasteiger partial charge is 0.326 e. The van der Waals surface area contributed by atoms with Crippen molar-refractivity contribution in [2.75, 3.05) is 13.1 Å². The molecule has 0 saturated carbocycles. The molecule has 0 aromatic carbocycles. The molecule has 2 saturated heterocycles. The Morgan fingerprint density at radius 1 is 1.03 bits per heavy atom. The summed E-state index contributed by atoms with van der Waals surface area (Å²) in [6, 6.07) is -2.70. The van der Waals surface area contributed by atoms with E-state index in [0.717, 1.165) is 19.4 Å². The maximum Gasteiger partial charge on any atom is 0.326 e. The molecule has 2 fully saturated rings. The Kier molecular flexibility index (Phi) is 8.64. The minimum Gasteiger partial charge on any atom is -0.480 e. The van der Waals surface area contributed by atoms with Gasteiger partial charge in [-0.05, 0) is 50.5 Å². The molecular weight excluding hydrogens is 388 g/mol. The van der Waals surface area contributed by atoms with Crippen LogP contribution in [-0.4, -0.2) is 71.0 Å². The van der Waals surface area contributed by atoms with Crippen LogP contribution in [0.2, 0.25) is 0 Å². The second kappa shape index (κ2) is 10.7. The monoisotopic (exact) mass is 424 g/mol. The van der Waals surface area contributed by atoms with Gasteiger partial charge in [-0.2, -0.15) is 0 Å². The molecule has 2 aliphatic heterocycles. The predicted molar refractivity (Wildman–Crippen MR) is 112 cm³/mol. The molecule has 4 N–H and O–H groups in total. The predicted octanol–water partition coefficient (Wildman–Crippen LogP) is 0.486. The number of nitrogens with one attached hydrogen (secondary N) is 3. The van der Waals surface area contributed by atoms with E-state index in [2.05, 4.69) is 16.0 Å². The number of carbonyl (C=O) groups is 4. The molecule has 9 nitrogen and oxygen atoms in total. The Morgan fingerprint density at radius 2 is 1.73 bits per heavy atom. The van der Waals surface area contributed by atoms with Gasteiger partial charge in [-0.15, -0.1) is 0 Å². The van der Waals surface area contributed by atoms with Crippen molar-refractivity contribution in [3.63, 3.8) is 0 Å². The molecule has 4 atom stereocenters. The number of carboxylic acid groups (broad SMARTS) is 1. The molecule has 0 radical (unpaired) electrons. The van der Waals surface area contributed by atoms with Gasteiger partial charge >= 0.3 is 5.97 Å². The molecule has 0 aromatic heterocycles. The number of carbonyl (C=O) groups excluding carboxylic acids is 3. The van der Waals surface area contributed by atoms with Crippen LogP contribution < -0.4 is 16.0 Å². The quantitative estimate of drug-likeness (QED) is 0.426. The minimum atomic E-state index is -1.09. The lowest BCUT2D eigenvalue weighted by molar-refractivity contribution is -0.146. The first-order valence-corrected chi connectivity index (χ1v) is 11.0. The van der Waals surface area contributed by atoms with E-state index in [9.17, 15) is 24.3 Å².